The van der Waals surface area contributed by atoms with Gasteiger partial charge in [0, 0.05) is 22.7 Å². The number of nitrogens with zero attached hydrogens (tertiary/aromatic N) is 2. The molecule has 1 atom stereocenters. The van der Waals surface area contributed by atoms with E-state index < -0.39 is 45.8 Å². The minimum absolute atomic E-state index is 0.0323. The van der Waals surface area contributed by atoms with E-state index in [2.05, 4.69) is 5.32 Å². The summed E-state index contributed by atoms with van der Waals surface area (Å²) in [5, 5.41) is 3.12. The van der Waals surface area contributed by atoms with Gasteiger partial charge in [0.1, 0.15) is 18.4 Å². The molecule has 0 saturated heterocycles. The van der Waals surface area contributed by atoms with Gasteiger partial charge >= 0.3 is 0 Å². The van der Waals surface area contributed by atoms with Crippen LogP contribution in [0.1, 0.15) is 33.3 Å². The topological polar surface area (TPSA) is 86.8 Å². The molecule has 0 fully saturated rings. The fourth-order valence-corrected chi connectivity index (χ4v) is 4.57. The molecule has 0 unspecified atom stereocenters. The molecule has 2 aromatic carbocycles. The maximum Gasteiger partial charge on any atom is 0.244 e. The Morgan fingerprint density at radius 3 is 2.26 bits per heavy atom. The molecular weight excluding hydrogens is 504 g/mol. The van der Waals surface area contributed by atoms with Crippen molar-refractivity contribution in [1.82, 2.24) is 10.2 Å². The average Bonchev–Trinajstić information content (AvgIpc) is 2.69. The summed E-state index contributed by atoms with van der Waals surface area (Å²) in [5.41, 5.74) is -0.338. The second-order valence-corrected chi connectivity index (χ2v) is 11.6. The van der Waals surface area contributed by atoms with Crippen molar-refractivity contribution in [1.29, 1.82) is 0 Å². The lowest BCUT2D eigenvalue weighted by Gasteiger charge is -2.33. The molecule has 0 heterocycles. The molecule has 0 saturated carbocycles. The Balaban J connectivity index is 2.45. The summed E-state index contributed by atoms with van der Waals surface area (Å²) in [6, 6.07) is 9.03. The van der Waals surface area contributed by atoms with Gasteiger partial charge in [-0.05, 0) is 52.0 Å². The molecule has 0 spiro atoms. The average molecular weight is 532 g/mol. The number of carbonyl (C=O) groups is 2. The molecule has 1 N–H and O–H groups in total. The number of halogens is 3. The maximum atomic E-state index is 14.4. The van der Waals surface area contributed by atoms with E-state index in [-0.39, 0.29) is 22.8 Å². The molecule has 0 aliphatic heterocycles. The van der Waals surface area contributed by atoms with Gasteiger partial charge in [-0.3, -0.25) is 13.9 Å². The number of hydrogen-bond donors (Lipinski definition) is 1. The molecule has 186 valence electrons. The SMILES string of the molecule is C[C@H](C(=O)NC(C)(C)C)N(Cc1ccccc1F)C(=O)CN(c1ccc(Cl)cc1Cl)S(C)(=O)=O. The summed E-state index contributed by atoms with van der Waals surface area (Å²) in [5.74, 6) is -1.73. The van der Waals surface area contributed by atoms with E-state index in [1.807, 2.05) is 0 Å². The third-order valence-electron chi connectivity index (χ3n) is 4.82. The Hall–Kier alpha value is -2.36. The molecule has 0 bridgehead atoms. The first-order chi connectivity index (χ1) is 15.6. The van der Waals surface area contributed by atoms with E-state index in [0.29, 0.717) is 5.02 Å². The summed E-state index contributed by atoms with van der Waals surface area (Å²) in [6.07, 6.45) is 0.933. The van der Waals surface area contributed by atoms with Crippen molar-refractivity contribution >= 4 is 50.7 Å². The van der Waals surface area contributed by atoms with Crippen molar-refractivity contribution in [2.75, 3.05) is 17.1 Å². The van der Waals surface area contributed by atoms with Gasteiger partial charge < -0.3 is 10.2 Å². The fraction of sp³-hybridized carbons (Fsp3) is 0.391. The molecule has 2 rings (SSSR count). The van der Waals surface area contributed by atoms with Crippen LogP contribution in [0, 0.1) is 5.82 Å². The van der Waals surface area contributed by atoms with Crippen LogP contribution in [0.3, 0.4) is 0 Å². The molecule has 7 nitrogen and oxygen atoms in total. The van der Waals surface area contributed by atoms with E-state index >= 15 is 0 Å². The Morgan fingerprint density at radius 2 is 1.74 bits per heavy atom. The molecular formula is C23H28Cl2FN3O4S. The van der Waals surface area contributed by atoms with Crippen LogP contribution in [-0.2, 0) is 26.2 Å². The highest BCUT2D eigenvalue weighted by Crippen LogP contribution is 2.30. The van der Waals surface area contributed by atoms with Crippen LogP contribution in [-0.4, -0.2) is 49.5 Å². The number of carbonyl (C=O) groups excluding carboxylic acids is 2. The summed E-state index contributed by atoms with van der Waals surface area (Å²) >= 11 is 12.1. The summed E-state index contributed by atoms with van der Waals surface area (Å²) < 4.78 is 40.3. The number of nitrogens with one attached hydrogen (secondary N) is 1. The van der Waals surface area contributed by atoms with E-state index in [0.717, 1.165) is 15.5 Å². The lowest BCUT2D eigenvalue weighted by atomic mass is 10.1. The Kier molecular flexibility index (Phi) is 8.96. The standard InChI is InChI=1S/C23H28Cl2FN3O4S/c1-15(22(31)27-23(2,3)4)28(13-16-8-6-7-9-19(16)26)21(30)14-29(34(5,32)33)20-11-10-17(24)12-18(20)25/h6-12,15H,13-14H2,1-5H3,(H,27,31)/t15-/m1/s1. The second kappa shape index (κ2) is 10.9. The number of sulfonamides is 1. The Labute approximate surface area is 209 Å². The van der Waals surface area contributed by atoms with Crippen molar-refractivity contribution in [3.05, 3.63) is 63.9 Å². The lowest BCUT2D eigenvalue weighted by molar-refractivity contribution is -0.140. The minimum atomic E-state index is -3.95. The van der Waals surface area contributed by atoms with Crippen LogP contribution in [0.15, 0.2) is 42.5 Å². The van der Waals surface area contributed by atoms with Crippen molar-refractivity contribution in [3.8, 4) is 0 Å². The van der Waals surface area contributed by atoms with Gasteiger partial charge in [0.25, 0.3) is 0 Å². The molecule has 2 amide bonds. The molecule has 11 heteroatoms. The number of rotatable bonds is 8. The fourth-order valence-electron chi connectivity index (χ4n) is 3.15. The van der Waals surface area contributed by atoms with Crippen molar-refractivity contribution < 1.29 is 22.4 Å². The van der Waals surface area contributed by atoms with Gasteiger partial charge in [0.05, 0.1) is 17.0 Å². The minimum Gasteiger partial charge on any atom is -0.350 e. The Morgan fingerprint density at radius 1 is 1.12 bits per heavy atom. The van der Waals surface area contributed by atoms with Crippen LogP contribution in [0.5, 0.6) is 0 Å². The predicted molar refractivity (Wildman–Crippen MR) is 133 cm³/mol. The molecule has 0 aliphatic rings. The van der Waals surface area contributed by atoms with Crippen LogP contribution in [0.25, 0.3) is 0 Å². The highest BCUT2D eigenvalue weighted by Gasteiger charge is 2.32. The van der Waals surface area contributed by atoms with E-state index in [9.17, 15) is 22.4 Å². The van der Waals surface area contributed by atoms with Gasteiger partial charge in [-0.2, -0.15) is 0 Å². The van der Waals surface area contributed by atoms with Crippen LogP contribution in [0.4, 0.5) is 10.1 Å². The first-order valence-electron chi connectivity index (χ1n) is 10.4. The summed E-state index contributed by atoms with van der Waals surface area (Å²) in [7, 11) is -3.95. The van der Waals surface area contributed by atoms with Gasteiger partial charge in [-0.25, -0.2) is 12.8 Å². The van der Waals surface area contributed by atoms with Crippen molar-refractivity contribution in [3.63, 3.8) is 0 Å². The Bertz CT molecular complexity index is 1170. The zero-order valence-electron chi connectivity index (χ0n) is 19.6. The number of benzene rings is 2. The molecule has 2 aromatic rings. The second-order valence-electron chi connectivity index (χ2n) is 8.89. The summed E-state index contributed by atoms with van der Waals surface area (Å²) in [4.78, 5) is 27.4. The van der Waals surface area contributed by atoms with Gasteiger partial charge in [-0.15, -0.1) is 0 Å². The first-order valence-corrected chi connectivity index (χ1v) is 13.0. The molecule has 0 aromatic heterocycles. The number of amides is 2. The quantitative estimate of drug-likeness (QED) is 0.552. The monoisotopic (exact) mass is 531 g/mol. The van der Waals surface area contributed by atoms with E-state index in [1.54, 1.807) is 26.8 Å². The van der Waals surface area contributed by atoms with Gasteiger partial charge in [0.2, 0.25) is 21.8 Å². The third kappa shape index (κ3) is 7.58. The molecule has 0 radical (unpaired) electrons. The normalized spacial score (nSPS) is 12.7. The van der Waals surface area contributed by atoms with Crippen LogP contribution >= 0.6 is 23.2 Å². The first kappa shape index (κ1) is 27.9. The van der Waals surface area contributed by atoms with Crippen molar-refractivity contribution in [2.45, 2.75) is 45.8 Å². The smallest absolute Gasteiger partial charge is 0.244 e. The number of hydrogen-bond acceptors (Lipinski definition) is 4. The number of anilines is 1. The molecule has 34 heavy (non-hydrogen) atoms. The van der Waals surface area contributed by atoms with Crippen LogP contribution < -0.4 is 9.62 Å². The molecule has 0 aliphatic carbocycles. The zero-order valence-corrected chi connectivity index (χ0v) is 21.9. The van der Waals surface area contributed by atoms with E-state index in [1.165, 1.54) is 43.3 Å². The lowest BCUT2D eigenvalue weighted by Crippen LogP contribution is -2.54. The highest BCUT2D eigenvalue weighted by atomic mass is 35.5. The highest BCUT2D eigenvalue weighted by molar-refractivity contribution is 7.92. The summed E-state index contributed by atoms with van der Waals surface area (Å²) in [6.45, 7) is 5.97. The van der Waals surface area contributed by atoms with Crippen molar-refractivity contribution in [2.24, 2.45) is 0 Å². The van der Waals surface area contributed by atoms with Crippen LogP contribution in [0.2, 0.25) is 10.0 Å². The largest absolute Gasteiger partial charge is 0.350 e. The van der Waals surface area contributed by atoms with Gasteiger partial charge in [0.15, 0.2) is 0 Å². The predicted octanol–water partition coefficient (Wildman–Crippen LogP) is 4.23. The zero-order chi connectivity index (χ0) is 25.8. The van der Waals surface area contributed by atoms with E-state index in [4.69, 9.17) is 23.2 Å². The maximum absolute atomic E-state index is 14.4. The van der Waals surface area contributed by atoms with Gasteiger partial charge in [-0.1, -0.05) is 41.4 Å². The third-order valence-corrected chi connectivity index (χ3v) is 6.49.